The van der Waals surface area contributed by atoms with E-state index in [4.69, 9.17) is 0 Å². The van der Waals surface area contributed by atoms with Crippen molar-refractivity contribution in [2.45, 2.75) is 59.3 Å². The molecule has 1 aromatic rings. The molecule has 1 aromatic carbocycles. The standard InChI is InChI=1S/C18H28O4S/c1-8-23(21,22)11-15(19)12-9-13(17(2,3)4)16(20)14(10-12)18(5,6)7/h9-10,20H,8,11H2,1-7H3. The van der Waals surface area contributed by atoms with Crippen molar-refractivity contribution in [1.29, 1.82) is 0 Å². The van der Waals surface area contributed by atoms with E-state index < -0.39 is 21.4 Å². The van der Waals surface area contributed by atoms with Gasteiger partial charge in [0.2, 0.25) is 0 Å². The third-order valence-corrected chi connectivity index (χ3v) is 5.42. The van der Waals surface area contributed by atoms with E-state index in [0.29, 0.717) is 16.7 Å². The number of hydrogen-bond donors (Lipinski definition) is 1. The van der Waals surface area contributed by atoms with Crippen LogP contribution in [0, 0.1) is 0 Å². The number of Topliss-reactive ketones (excluding diaryl/α,β-unsaturated/α-hetero) is 1. The van der Waals surface area contributed by atoms with Crippen LogP contribution in [-0.4, -0.2) is 30.8 Å². The minimum Gasteiger partial charge on any atom is -0.507 e. The Morgan fingerprint density at radius 3 is 1.70 bits per heavy atom. The predicted octanol–water partition coefficient (Wildman–Crippen LogP) is 3.60. The van der Waals surface area contributed by atoms with Crippen molar-refractivity contribution in [1.82, 2.24) is 0 Å². The lowest BCUT2D eigenvalue weighted by Gasteiger charge is -2.28. The number of rotatable bonds is 4. The molecule has 0 saturated heterocycles. The smallest absolute Gasteiger partial charge is 0.177 e. The van der Waals surface area contributed by atoms with Crippen LogP contribution in [-0.2, 0) is 20.7 Å². The van der Waals surface area contributed by atoms with Crippen LogP contribution in [0.25, 0.3) is 0 Å². The molecule has 0 saturated carbocycles. The van der Waals surface area contributed by atoms with Crippen LogP contribution in [0.4, 0.5) is 0 Å². The Bertz CT molecular complexity index is 667. The van der Waals surface area contributed by atoms with Crippen molar-refractivity contribution < 1.29 is 18.3 Å². The molecule has 0 unspecified atom stereocenters. The first kappa shape index (κ1) is 19.7. The zero-order chi connectivity index (χ0) is 18.2. The lowest BCUT2D eigenvalue weighted by Crippen LogP contribution is -2.22. The van der Waals surface area contributed by atoms with Gasteiger partial charge in [0.1, 0.15) is 11.5 Å². The molecule has 23 heavy (non-hydrogen) atoms. The minimum absolute atomic E-state index is 0.0604. The van der Waals surface area contributed by atoms with Crippen LogP contribution in [0.5, 0.6) is 5.75 Å². The summed E-state index contributed by atoms with van der Waals surface area (Å²) < 4.78 is 23.5. The lowest BCUT2D eigenvalue weighted by molar-refractivity contribution is 0.102. The van der Waals surface area contributed by atoms with Crippen molar-refractivity contribution in [3.8, 4) is 5.75 Å². The molecule has 0 atom stereocenters. The molecule has 0 aliphatic heterocycles. The molecular formula is C18H28O4S. The highest BCUT2D eigenvalue weighted by molar-refractivity contribution is 7.92. The van der Waals surface area contributed by atoms with Crippen LogP contribution in [0.2, 0.25) is 0 Å². The Labute approximate surface area is 139 Å². The summed E-state index contributed by atoms with van der Waals surface area (Å²) in [6.45, 7) is 13.2. The second-order valence-electron chi connectivity index (χ2n) is 8.02. The normalized spacial score (nSPS) is 13.2. The summed E-state index contributed by atoms with van der Waals surface area (Å²) in [5.74, 6) is -0.806. The molecule has 1 rings (SSSR count). The molecule has 0 spiro atoms. The molecule has 0 aromatic heterocycles. The first-order valence-electron chi connectivity index (χ1n) is 7.80. The lowest BCUT2D eigenvalue weighted by atomic mass is 9.78. The number of phenols is 1. The van der Waals surface area contributed by atoms with Crippen molar-refractivity contribution in [3.05, 3.63) is 28.8 Å². The van der Waals surface area contributed by atoms with Gasteiger partial charge in [-0.3, -0.25) is 4.79 Å². The third-order valence-electron chi connectivity index (χ3n) is 3.84. The Balaban J connectivity index is 3.54. The number of carbonyl (C=O) groups excluding carboxylic acids is 1. The molecule has 0 heterocycles. The van der Waals surface area contributed by atoms with Crippen LogP contribution in [0.15, 0.2) is 12.1 Å². The fourth-order valence-electron chi connectivity index (χ4n) is 2.32. The maximum atomic E-state index is 12.4. The van der Waals surface area contributed by atoms with Gasteiger partial charge in [0, 0.05) is 22.4 Å². The average molecular weight is 340 g/mol. The van der Waals surface area contributed by atoms with Crippen LogP contribution in [0.3, 0.4) is 0 Å². The molecule has 1 N–H and O–H groups in total. The monoisotopic (exact) mass is 340 g/mol. The zero-order valence-corrected chi connectivity index (χ0v) is 16.0. The highest BCUT2D eigenvalue weighted by Gasteiger charge is 2.28. The van der Waals surface area contributed by atoms with Crippen molar-refractivity contribution in [3.63, 3.8) is 0 Å². The van der Waals surface area contributed by atoms with Gasteiger partial charge in [-0.05, 0) is 23.0 Å². The van der Waals surface area contributed by atoms with Gasteiger partial charge in [-0.1, -0.05) is 48.5 Å². The molecule has 0 aliphatic rings. The molecule has 5 heteroatoms. The van der Waals surface area contributed by atoms with E-state index in [1.807, 2.05) is 41.5 Å². The Hall–Kier alpha value is -1.36. The number of benzene rings is 1. The SMILES string of the molecule is CCS(=O)(=O)CC(=O)c1cc(C(C)(C)C)c(O)c(C(C)(C)C)c1. The average Bonchev–Trinajstić information content (AvgIpc) is 2.35. The summed E-state index contributed by atoms with van der Waals surface area (Å²) in [6.07, 6.45) is 0. The molecule has 0 amide bonds. The summed E-state index contributed by atoms with van der Waals surface area (Å²) in [4.78, 5) is 12.4. The summed E-state index contributed by atoms with van der Waals surface area (Å²) in [5.41, 5.74) is 0.938. The third kappa shape index (κ3) is 4.80. The highest BCUT2D eigenvalue weighted by atomic mass is 32.2. The van der Waals surface area contributed by atoms with Gasteiger partial charge < -0.3 is 5.11 Å². The van der Waals surface area contributed by atoms with Gasteiger partial charge in [0.15, 0.2) is 15.6 Å². The molecular weight excluding hydrogens is 312 g/mol. The second-order valence-corrected chi connectivity index (χ2v) is 10.4. The molecule has 0 bridgehead atoms. The Morgan fingerprint density at radius 2 is 1.39 bits per heavy atom. The van der Waals surface area contributed by atoms with E-state index in [2.05, 4.69) is 0 Å². The zero-order valence-electron chi connectivity index (χ0n) is 15.1. The summed E-state index contributed by atoms with van der Waals surface area (Å²) in [7, 11) is -3.39. The van der Waals surface area contributed by atoms with E-state index in [0.717, 1.165) is 0 Å². The van der Waals surface area contributed by atoms with Crippen molar-refractivity contribution in [2.24, 2.45) is 0 Å². The van der Waals surface area contributed by atoms with Crippen LogP contribution < -0.4 is 0 Å². The minimum atomic E-state index is -3.39. The number of sulfone groups is 1. The fourth-order valence-corrected chi connectivity index (χ4v) is 3.09. The highest BCUT2D eigenvalue weighted by Crippen LogP contribution is 2.39. The topological polar surface area (TPSA) is 71.4 Å². The Kier molecular flexibility index (Phi) is 5.36. The Morgan fingerprint density at radius 1 is 1.00 bits per heavy atom. The summed E-state index contributed by atoms with van der Waals surface area (Å²) >= 11 is 0. The van der Waals surface area contributed by atoms with Crippen LogP contribution in [0.1, 0.15) is 70.0 Å². The predicted molar refractivity (Wildman–Crippen MR) is 94.2 cm³/mol. The number of aromatic hydroxyl groups is 1. The van der Waals surface area contributed by atoms with Gasteiger partial charge in [-0.2, -0.15) is 0 Å². The molecule has 4 nitrogen and oxygen atoms in total. The van der Waals surface area contributed by atoms with Crippen LogP contribution >= 0.6 is 0 Å². The van der Waals surface area contributed by atoms with Crippen molar-refractivity contribution >= 4 is 15.6 Å². The van der Waals surface area contributed by atoms with Crippen molar-refractivity contribution in [2.75, 3.05) is 11.5 Å². The van der Waals surface area contributed by atoms with E-state index in [-0.39, 0.29) is 22.3 Å². The van der Waals surface area contributed by atoms with Gasteiger partial charge >= 0.3 is 0 Å². The van der Waals surface area contributed by atoms with E-state index in [9.17, 15) is 18.3 Å². The molecule has 0 aliphatic carbocycles. The van der Waals surface area contributed by atoms with E-state index >= 15 is 0 Å². The second kappa shape index (κ2) is 6.27. The number of phenolic OH excluding ortho intramolecular Hbond substituents is 1. The van der Waals surface area contributed by atoms with E-state index in [1.54, 1.807) is 12.1 Å². The summed E-state index contributed by atoms with van der Waals surface area (Å²) in [5, 5.41) is 10.6. The summed E-state index contributed by atoms with van der Waals surface area (Å²) in [6, 6.07) is 3.25. The van der Waals surface area contributed by atoms with Gasteiger partial charge in [0.05, 0.1) is 0 Å². The van der Waals surface area contributed by atoms with E-state index in [1.165, 1.54) is 6.92 Å². The molecule has 0 radical (unpaired) electrons. The number of carbonyl (C=O) groups is 1. The van der Waals surface area contributed by atoms with Gasteiger partial charge in [-0.15, -0.1) is 0 Å². The van der Waals surface area contributed by atoms with Gasteiger partial charge in [-0.25, -0.2) is 8.42 Å². The maximum absolute atomic E-state index is 12.4. The quantitative estimate of drug-likeness (QED) is 0.850. The first-order valence-corrected chi connectivity index (χ1v) is 9.63. The molecule has 0 fully saturated rings. The first-order chi connectivity index (χ1) is 10.2. The number of ketones is 1. The fraction of sp³-hybridized carbons (Fsp3) is 0.611. The van der Waals surface area contributed by atoms with Gasteiger partial charge in [0.25, 0.3) is 0 Å². The molecule has 130 valence electrons. The number of hydrogen-bond acceptors (Lipinski definition) is 4. The maximum Gasteiger partial charge on any atom is 0.177 e. The largest absolute Gasteiger partial charge is 0.507 e.